The number of hydrogen-bond acceptors (Lipinski definition) is 2. The lowest BCUT2D eigenvalue weighted by molar-refractivity contribution is -0.883. The molecule has 0 fully saturated rings. The molecule has 0 unspecified atom stereocenters. The van der Waals surface area contributed by atoms with E-state index < -0.39 is 5.97 Å². The molecule has 0 aromatic heterocycles. The Kier molecular flexibility index (Phi) is 15.4. The van der Waals surface area contributed by atoms with Gasteiger partial charge in [0.2, 0.25) is 5.91 Å². The molecule has 0 aromatic rings. The van der Waals surface area contributed by atoms with Gasteiger partial charge in [0, 0.05) is 13.0 Å². The van der Waals surface area contributed by atoms with Crippen molar-refractivity contribution in [2.24, 2.45) is 0 Å². The van der Waals surface area contributed by atoms with Gasteiger partial charge in [0.25, 0.3) is 0 Å². The van der Waals surface area contributed by atoms with Crippen LogP contribution in [0.25, 0.3) is 0 Å². The number of carbonyl (C=O) groups excluding carboxylic acids is 1. The first-order valence-corrected chi connectivity index (χ1v) is 10.7. The molecule has 0 aliphatic carbocycles. The summed E-state index contributed by atoms with van der Waals surface area (Å²) >= 11 is 0. The van der Waals surface area contributed by atoms with Crippen molar-refractivity contribution in [2.45, 2.75) is 90.4 Å². The largest absolute Gasteiger partial charge is 0.477 e. The molecule has 154 valence electrons. The summed E-state index contributed by atoms with van der Waals surface area (Å²) in [6.07, 6.45) is 15.3. The van der Waals surface area contributed by atoms with Crippen LogP contribution in [0.15, 0.2) is 0 Å². The molecule has 0 saturated heterocycles. The average molecular weight is 372 g/mol. The van der Waals surface area contributed by atoms with Crippen molar-refractivity contribution in [3.05, 3.63) is 0 Å². The van der Waals surface area contributed by atoms with Crippen molar-refractivity contribution in [1.29, 1.82) is 0 Å². The second-order valence-corrected chi connectivity index (χ2v) is 8.20. The molecule has 5 nitrogen and oxygen atoms in total. The molecule has 0 aliphatic rings. The molecule has 26 heavy (non-hydrogen) atoms. The molecule has 0 aliphatic heterocycles. The van der Waals surface area contributed by atoms with Gasteiger partial charge in [-0.15, -0.1) is 0 Å². The highest BCUT2D eigenvalue weighted by molar-refractivity contribution is 5.75. The van der Waals surface area contributed by atoms with E-state index >= 15 is 0 Å². The maximum atomic E-state index is 11.8. The van der Waals surface area contributed by atoms with Crippen LogP contribution in [0.5, 0.6) is 0 Å². The standard InChI is InChI=1S/C21H42N2O3/c1-4-5-6-7-8-9-10-11-12-14-17-22-20(24)16-13-15-18-23(2,3)19-21(25)26/h4-19H2,1-3H3,(H-,22,24,25,26)/p+1. The quantitative estimate of drug-likeness (QED) is 0.278. The Morgan fingerprint density at radius 1 is 0.808 bits per heavy atom. The molecule has 0 bridgehead atoms. The molecule has 1 amide bonds. The normalized spacial score (nSPS) is 11.5. The Hall–Kier alpha value is -1.10. The zero-order valence-corrected chi connectivity index (χ0v) is 17.5. The molecule has 5 heteroatoms. The molecular weight excluding hydrogens is 328 g/mol. The fourth-order valence-electron chi connectivity index (χ4n) is 3.20. The van der Waals surface area contributed by atoms with Crippen LogP contribution in [-0.4, -0.2) is 55.2 Å². The molecule has 0 atom stereocenters. The molecular formula is C21H43N2O3+. The van der Waals surface area contributed by atoms with Crippen LogP contribution in [0.2, 0.25) is 0 Å². The molecule has 2 N–H and O–H groups in total. The van der Waals surface area contributed by atoms with Crippen molar-refractivity contribution in [1.82, 2.24) is 5.32 Å². The smallest absolute Gasteiger partial charge is 0.359 e. The van der Waals surface area contributed by atoms with Crippen molar-refractivity contribution < 1.29 is 19.2 Å². The number of quaternary nitrogens is 1. The number of carboxylic acid groups (broad SMARTS) is 1. The number of hydrogen-bond donors (Lipinski definition) is 2. The van der Waals surface area contributed by atoms with Gasteiger partial charge in [-0.2, -0.15) is 0 Å². The second-order valence-electron chi connectivity index (χ2n) is 8.20. The van der Waals surface area contributed by atoms with Gasteiger partial charge in [-0.1, -0.05) is 64.7 Å². The van der Waals surface area contributed by atoms with Crippen LogP contribution >= 0.6 is 0 Å². The topological polar surface area (TPSA) is 66.4 Å². The number of nitrogens with zero attached hydrogens (tertiary/aromatic N) is 1. The third-order valence-corrected chi connectivity index (χ3v) is 4.83. The van der Waals surface area contributed by atoms with E-state index in [1.165, 1.54) is 57.8 Å². The van der Waals surface area contributed by atoms with Crippen molar-refractivity contribution in [3.63, 3.8) is 0 Å². The summed E-state index contributed by atoms with van der Waals surface area (Å²) in [6, 6.07) is 0. The highest BCUT2D eigenvalue weighted by Gasteiger charge is 2.18. The number of carbonyl (C=O) groups is 2. The average Bonchev–Trinajstić information content (AvgIpc) is 2.55. The number of nitrogens with one attached hydrogen (secondary N) is 1. The first-order chi connectivity index (χ1) is 12.4. The minimum Gasteiger partial charge on any atom is -0.477 e. The Morgan fingerprint density at radius 3 is 1.88 bits per heavy atom. The predicted octanol–water partition coefficient (Wildman–Crippen LogP) is 4.35. The Morgan fingerprint density at radius 2 is 1.35 bits per heavy atom. The number of unbranched alkanes of at least 4 members (excludes halogenated alkanes) is 10. The van der Waals surface area contributed by atoms with Gasteiger partial charge in [-0.05, 0) is 19.3 Å². The maximum Gasteiger partial charge on any atom is 0.359 e. The van der Waals surface area contributed by atoms with Gasteiger partial charge in [-0.25, -0.2) is 4.79 Å². The van der Waals surface area contributed by atoms with E-state index in [9.17, 15) is 9.59 Å². The molecule has 0 radical (unpaired) electrons. The summed E-state index contributed by atoms with van der Waals surface area (Å²) < 4.78 is 0.468. The zero-order chi connectivity index (χ0) is 19.7. The number of likely N-dealkylation sites (N-methyl/N-ethyl adjacent to an activating group) is 1. The lowest BCUT2D eigenvalue weighted by atomic mass is 10.1. The molecule has 0 aromatic carbocycles. The summed E-state index contributed by atoms with van der Waals surface area (Å²) in [5.41, 5.74) is 0. The van der Waals surface area contributed by atoms with Crippen molar-refractivity contribution >= 4 is 11.9 Å². The highest BCUT2D eigenvalue weighted by atomic mass is 16.4. The lowest BCUT2D eigenvalue weighted by Gasteiger charge is -2.27. The first-order valence-electron chi connectivity index (χ1n) is 10.7. The van der Waals surface area contributed by atoms with Gasteiger partial charge in [0.05, 0.1) is 20.6 Å². The van der Waals surface area contributed by atoms with E-state index in [0.29, 0.717) is 10.9 Å². The van der Waals surface area contributed by atoms with Crippen LogP contribution in [-0.2, 0) is 9.59 Å². The molecule has 0 spiro atoms. The zero-order valence-electron chi connectivity index (χ0n) is 17.5. The third kappa shape index (κ3) is 17.7. The molecule has 0 rings (SSSR count). The van der Waals surface area contributed by atoms with Gasteiger partial charge in [0.1, 0.15) is 0 Å². The van der Waals surface area contributed by atoms with Gasteiger partial charge >= 0.3 is 5.97 Å². The van der Waals surface area contributed by atoms with Crippen LogP contribution in [0.3, 0.4) is 0 Å². The van der Waals surface area contributed by atoms with E-state index in [0.717, 1.165) is 32.4 Å². The van der Waals surface area contributed by atoms with E-state index in [4.69, 9.17) is 5.11 Å². The Balaban J connectivity index is 3.38. The highest BCUT2D eigenvalue weighted by Crippen LogP contribution is 2.10. The number of carboxylic acids is 1. The Bertz CT molecular complexity index is 370. The van der Waals surface area contributed by atoms with E-state index in [2.05, 4.69) is 12.2 Å². The summed E-state index contributed by atoms with van der Waals surface area (Å²) in [5.74, 6) is -0.645. The van der Waals surface area contributed by atoms with Crippen molar-refractivity contribution in [3.8, 4) is 0 Å². The van der Waals surface area contributed by atoms with E-state index in [-0.39, 0.29) is 12.5 Å². The minimum absolute atomic E-state index is 0.129. The summed E-state index contributed by atoms with van der Waals surface area (Å²) in [6.45, 7) is 3.96. The Labute approximate surface area is 161 Å². The number of aliphatic carboxylic acids is 1. The third-order valence-electron chi connectivity index (χ3n) is 4.83. The van der Waals surface area contributed by atoms with Crippen molar-refractivity contribution in [2.75, 3.05) is 33.7 Å². The van der Waals surface area contributed by atoms with E-state index in [1.807, 2.05) is 14.1 Å². The van der Waals surface area contributed by atoms with Gasteiger partial charge in [0.15, 0.2) is 6.54 Å². The fraction of sp³-hybridized carbons (Fsp3) is 0.905. The number of amides is 1. The van der Waals surface area contributed by atoms with Crippen LogP contribution in [0, 0.1) is 0 Å². The fourth-order valence-corrected chi connectivity index (χ4v) is 3.20. The second kappa shape index (κ2) is 16.1. The molecule has 0 heterocycles. The van der Waals surface area contributed by atoms with Crippen LogP contribution in [0.4, 0.5) is 0 Å². The van der Waals surface area contributed by atoms with Crippen LogP contribution < -0.4 is 5.32 Å². The van der Waals surface area contributed by atoms with Crippen LogP contribution in [0.1, 0.15) is 90.4 Å². The lowest BCUT2D eigenvalue weighted by Crippen LogP contribution is -2.44. The summed E-state index contributed by atoms with van der Waals surface area (Å²) in [5, 5.41) is 11.8. The maximum absolute atomic E-state index is 11.8. The SMILES string of the molecule is CCCCCCCCCCCCNC(=O)CCCC[N+](C)(C)CC(=O)O. The minimum atomic E-state index is -0.774. The molecule has 0 saturated carbocycles. The first kappa shape index (κ1) is 24.9. The number of rotatable bonds is 18. The monoisotopic (exact) mass is 371 g/mol. The predicted molar refractivity (Wildman–Crippen MR) is 108 cm³/mol. The van der Waals surface area contributed by atoms with E-state index in [1.54, 1.807) is 0 Å². The summed E-state index contributed by atoms with van der Waals surface area (Å²) in [4.78, 5) is 22.6. The summed E-state index contributed by atoms with van der Waals surface area (Å²) in [7, 11) is 3.83. The van der Waals surface area contributed by atoms with Gasteiger partial charge < -0.3 is 14.9 Å². The van der Waals surface area contributed by atoms with Gasteiger partial charge in [-0.3, -0.25) is 4.79 Å².